The Morgan fingerprint density at radius 2 is 2.05 bits per heavy atom. The highest BCUT2D eigenvalue weighted by molar-refractivity contribution is 5.70. The van der Waals surface area contributed by atoms with Gasteiger partial charge in [-0.05, 0) is 32.1 Å². The lowest BCUT2D eigenvalue weighted by atomic mass is 9.70. The maximum absolute atomic E-state index is 11.9. The van der Waals surface area contributed by atoms with Gasteiger partial charge in [0.15, 0.2) is 0 Å². The Labute approximate surface area is 128 Å². The number of imidazole rings is 1. The van der Waals surface area contributed by atoms with Gasteiger partial charge in [0.1, 0.15) is 12.4 Å². The van der Waals surface area contributed by atoms with Gasteiger partial charge in [0.2, 0.25) is 0 Å². The van der Waals surface area contributed by atoms with E-state index in [1.54, 1.807) is 12.4 Å². The van der Waals surface area contributed by atoms with Crippen LogP contribution in [0.4, 0.5) is 4.79 Å². The Hall–Kier alpha value is -1.58. The Balaban J connectivity index is 0.00000106. The molecule has 1 heterocycles. The van der Waals surface area contributed by atoms with Crippen LogP contribution < -0.4 is 0 Å². The van der Waals surface area contributed by atoms with Gasteiger partial charge in [-0.2, -0.15) is 0 Å². The summed E-state index contributed by atoms with van der Waals surface area (Å²) in [6.45, 7) is 12.8. The summed E-state index contributed by atoms with van der Waals surface area (Å²) in [5.74, 6) is 0. The zero-order valence-electron chi connectivity index (χ0n) is 14.1. The summed E-state index contributed by atoms with van der Waals surface area (Å²) in [5, 5.41) is 0. The van der Waals surface area contributed by atoms with Crippen molar-refractivity contribution in [3.8, 4) is 0 Å². The van der Waals surface area contributed by atoms with E-state index >= 15 is 0 Å². The molecule has 4 heteroatoms. The predicted octanol–water partition coefficient (Wildman–Crippen LogP) is 4.81. The van der Waals surface area contributed by atoms with Crippen LogP contribution in [0.3, 0.4) is 0 Å². The second-order valence-corrected chi connectivity index (χ2v) is 6.08. The number of nitrogens with zero attached hydrogens (tertiary/aromatic N) is 2. The highest BCUT2D eigenvalue weighted by Gasteiger charge is 2.33. The van der Waals surface area contributed by atoms with E-state index in [4.69, 9.17) is 4.74 Å². The van der Waals surface area contributed by atoms with E-state index in [1.165, 1.54) is 22.0 Å². The molecule has 0 aromatic carbocycles. The van der Waals surface area contributed by atoms with Crippen LogP contribution in [-0.4, -0.2) is 21.7 Å². The minimum absolute atomic E-state index is 0.0205. The number of allylic oxidation sites excluding steroid dienone is 1. The average molecular weight is 292 g/mol. The van der Waals surface area contributed by atoms with Crippen molar-refractivity contribution >= 4 is 6.09 Å². The van der Waals surface area contributed by atoms with Crippen LogP contribution in [0.2, 0.25) is 0 Å². The molecule has 0 bridgehead atoms. The molecule has 0 spiro atoms. The van der Waals surface area contributed by atoms with Gasteiger partial charge in [-0.3, -0.25) is 0 Å². The first-order chi connectivity index (χ1) is 9.90. The lowest BCUT2D eigenvalue weighted by Crippen LogP contribution is -2.32. The Kier molecular flexibility index (Phi) is 6.19. The third kappa shape index (κ3) is 4.45. The van der Waals surface area contributed by atoms with E-state index in [1.807, 2.05) is 13.8 Å². The number of hydrogen-bond acceptors (Lipinski definition) is 3. The zero-order chi connectivity index (χ0) is 16.0. The summed E-state index contributed by atoms with van der Waals surface area (Å²) >= 11 is 0. The molecule has 0 radical (unpaired) electrons. The van der Waals surface area contributed by atoms with Crippen LogP contribution in [0, 0.1) is 5.41 Å². The fourth-order valence-corrected chi connectivity index (χ4v) is 2.83. The van der Waals surface area contributed by atoms with Crippen molar-refractivity contribution < 1.29 is 9.53 Å². The van der Waals surface area contributed by atoms with E-state index in [9.17, 15) is 4.79 Å². The Bertz CT molecular complexity index is 483. The molecule has 1 aromatic heterocycles. The fraction of sp³-hybridized carbons (Fsp3) is 0.647. The smallest absolute Gasteiger partial charge is 0.419 e. The number of hydrogen-bond donors (Lipinski definition) is 0. The third-order valence-electron chi connectivity index (χ3n) is 3.93. The van der Waals surface area contributed by atoms with Crippen LogP contribution in [0.25, 0.3) is 0 Å². The summed E-state index contributed by atoms with van der Waals surface area (Å²) < 4.78 is 6.94. The minimum atomic E-state index is -0.338. The third-order valence-corrected chi connectivity index (χ3v) is 3.93. The fourth-order valence-electron chi connectivity index (χ4n) is 2.83. The van der Waals surface area contributed by atoms with Gasteiger partial charge >= 0.3 is 6.09 Å². The zero-order valence-corrected chi connectivity index (χ0v) is 14.1. The molecular formula is C17H28N2O2. The van der Waals surface area contributed by atoms with Crippen LogP contribution in [0.5, 0.6) is 0 Å². The molecule has 1 saturated carbocycles. The Morgan fingerprint density at radius 3 is 2.57 bits per heavy atom. The molecule has 21 heavy (non-hydrogen) atoms. The number of ether oxygens (including phenoxy) is 1. The van der Waals surface area contributed by atoms with Crippen molar-refractivity contribution in [2.45, 2.75) is 66.9 Å². The molecule has 1 aliphatic carbocycles. The monoisotopic (exact) mass is 292 g/mol. The van der Waals surface area contributed by atoms with E-state index < -0.39 is 0 Å². The quantitative estimate of drug-likeness (QED) is 0.698. The molecule has 4 nitrogen and oxygen atoms in total. The maximum atomic E-state index is 11.9. The first-order valence-electron chi connectivity index (χ1n) is 7.76. The SMILES string of the molecule is CC.CC(C)=C1CC(OC(=O)n2ccnc2)CCC1(C)C. The van der Waals surface area contributed by atoms with Crippen molar-refractivity contribution in [3.63, 3.8) is 0 Å². The summed E-state index contributed by atoms with van der Waals surface area (Å²) in [7, 11) is 0. The van der Waals surface area contributed by atoms with Crippen molar-refractivity contribution in [1.82, 2.24) is 9.55 Å². The van der Waals surface area contributed by atoms with Gasteiger partial charge in [0.05, 0.1) is 0 Å². The lowest BCUT2D eigenvalue weighted by Gasteiger charge is -2.38. The van der Waals surface area contributed by atoms with Crippen LogP contribution in [-0.2, 0) is 4.74 Å². The van der Waals surface area contributed by atoms with Crippen molar-refractivity contribution in [2.75, 3.05) is 0 Å². The van der Waals surface area contributed by atoms with Gasteiger partial charge in [0, 0.05) is 18.8 Å². The van der Waals surface area contributed by atoms with Gasteiger partial charge in [-0.25, -0.2) is 14.3 Å². The number of carbonyl (C=O) groups excluding carboxylic acids is 1. The highest BCUT2D eigenvalue weighted by atomic mass is 16.6. The highest BCUT2D eigenvalue weighted by Crippen LogP contribution is 2.42. The van der Waals surface area contributed by atoms with E-state index in [2.05, 4.69) is 32.7 Å². The summed E-state index contributed by atoms with van der Waals surface area (Å²) in [6, 6.07) is 0. The number of aromatic nitrogens is 2. The van der Waals surface area contributed by atoms with E-state index in [0.29, 0.717) is 0 Å². The van der Waals surface area contributed by atoms with Gasteiger partial charge in [-0.1, -0.05) is 38.8 Å². The topological polar surface area (TPSA) is 44.1 Å². The predicted molar refractivity (Wildman–Crippen MR) is 85.2 cm³/mol. The summed E-state index contributed by atoms with van der Waals surface area (Å²) in [6.07, 6.45) is 7.11. The van der Waals surface area contributed by atoms with Crippen LogP contribution in [0.1, 0.15) is 60.8 Å². The van der Waals surface area contributed by atoms with E-state index in [0.717, 1.165) is 19.3 Å². The molecule has 1 fully saturated rings. The van der Waals surface area contributed by atoms with Gasteiger partial charge < -0.3 is 4.74 Å². The van der Waals surface area contributed by atoms with Crippen LogP contribution in [0.15, 0.2) is 29.9 Å². The number of rotatable bonds is 1. The second-order valence-electron chi connectivity index (χ2n) is 6.08. The molecule has 0 N–H and O–H groups in total. The normalized spacial score (nSPS) is 20.3. The molecule has 1 unspecified atom stereocenters. The van der Waals surface area contributed by atoms with Crippen molar-refractivity contribution in [1.29, 1.82) is 0 Å². The van der Waals surface area contributed by atoms with Crippen molar-refractivity contribution in [2.24, 2.45) is 5.41 Å². The van der Waals surface area contributed by atoms with Gasteiger partial charge in [0.25, 0.3) is 0 Å². The second kappa shape index (κ2) is 7.43. The molecular weight excluding hydrogens is 264 g/mol. The molecule has 0 amide bonds. The first kappa shape index (κ1) is 17.5. The van der Waals surface area contributed by atoms with Crippen molar-refractivity contribution in [3.05, 3.63) is 29.9 Å². The van der Waals surface area contributed by atoms with E-state index in [-0.39, 0.29) is 17.6 Å². The minimum Gasteiger partial charge on any atom is -0.445 e. The molecule has 0 saturated heterocycles. The molecule has 1 atom stereocenters. The maximum Gasteiger partial charge on any atom is 0.419 e. The molecule has 1 aliphatic rings. The Morgan fingerprint density at radius 1 is 1.38 bits per heavy atom. The molecule has 0 aliphatic heterocycles. The summed E-state index contributed by atoms with van der Waals surface area (Å²) in [5.41, 5.74) is 2.98. The molecule has 2 rings (SSSR count). The largest absolute Gasteiger partial charge is 0.445 e. The lowest BCUT2D eigenvalue weighted by molar-refractivity contribution is 0.0706. The molecule has 118 valence electrons. The number of carbonyl (C=O) groups is 1. The standard InChI is InChI=1S/C15H22N2O2.C2H6/c1-11(2)13-9-12(5-6-15(13,3)4)19-14(18)17-8-7-16-10-17;1-2/h7-8,10,12H,5-6,9H2,1-4H3;1-2H3. The van der Waals surface area contributed by atoms with Crippen LogP contribution >= 0.6 is 0 Å². The molecule has 1 aromatic rings. The average Bonchev–Trinajstić information content (AvgIpc) is 2.96. The summed E-state index contributed by atoms with van der Waals surface area (Å²) in [4.78, 5) is 15.8. The first-order valence-corrected chi connectivity index (χ1v) is 7.76. The van der Waals surface area contributed by atoms with Gasteiger partial charge in [-0.15, -0.1) is 0 Å².